The molecular formula is C23H25NO5. The van der Waals surface area contributed by atoms with Gasteiger partial charge in [0.1, 0.15) is 11.3 Å². The summed E-state index contributed by atoms with van der Waals surface area (Å²) in [5.41, 5.74) is 2.22. The van der Waals surface area contributed by atoms with Crippen molar-refractivity contribution in [3.8, 4) is 5.75 Å². The zero-order chi connectivity index (χ0) is 21.0. The van der Waals surface area contributed by atoms with Crippen LogP contribution in [0.5, 0.6) is 5.75 Å². The third kappa shape index (κ3) is 4.59. The second-order valence-corrected chi connectivity index (χ2v) is 6.87. The molecular weight excluding hydrogens is 370 g/mol. The lowest BCUT2D eigenvalue weighted by molar-refractivity contribution is -0.139. The van der Waals surface area contributed by atoms with Gasteiger partial charge in [0.25, 0.3) is 5.91 Å². The summed E-state index contributed by atoms with van der Waals surface area (Å²) in [5.74, 6) is -0.144. The van der Waals surface area contributed by atoms with E-state index in [1.807, 2.05) is 43.3 Å². The molecule has 3 rings (SSSR count). The van der Waals surface area contributed by atoms with Gasteiger partial charge in [-0.15, -0.1) is 0 Å². The van der Waals surface area contributed by atoms with Crippen molar-refractivity contribution < 1.29 is 23.5 Å². The molecule has 6 heteroatoms. The van der Waals surface area contributed by atoms with Crippen LogP contribution in [-0.4, -0.2) is 36.5 Å². The maximum absolute atomic E-state index is 12.6. The summed E-state index contributed by atoms with van der Waals surface area (Å²) in [6.07, 6.45) is -0.928. The number of carbonyl (C=O) groups excluding carboxylic acids is 2. The fraction of sp³-hybridized carbons (Fsp3) is 0.304. The Hall–Kier alpha value is -3.28. The Bertz CT molecular complexity index is 1010. The summed E-state index contributed by atoms with van der Waals surface area (Å²) < 4.78 is 16.6. The summed E-state index contributed by atoms with van der Waals surface area (Å²) in [7, 11) is 1.68. The molecule has 1 amide bonds. The molecule has 0 aliphatic rings. The SMILES string of the molecule is CCOc1ccc2oc(C(=O)O[C@H](C)C(=O)N(C)Cc3ccccc3)c(C)c2c1. The molecule has 3 aromatic rings. The normalized spacial score (nSPS) is 11.9. The highest BCUT2D eigenvalue weighted by Gasteiger charge is 2.26. The van der Waals surface area contributed by atoms with E-state index in [4.69, 9.17) is 13.9 Å². The van der Waals surface area contributed by atoms with E-state index < -0.39 is 12.1 Å². The molecule has 0 bridgehead atoms. The number of esters is 1. The summed E-state index contributed by atoms with van der Waals surface area (Å²) in [5, 5.41) is 0.781. The highest BCUT2D eigenvalue weighted by atomic mass is 16.6. The predicted octanol–water partition coefficient (Wildman–Crippen LogP) is 4.34. The monoisotopic (exact) mass is 395 g/mol. The standard InChI is InChI=1S/C23H25NO5/c1-5-27-18-11-12-20-19(13-18)15(2)21(29-20)23(26)28-16(3)22(25)24(4)14-17-9-7-6-8-10-17/h6-13,16H,5,14H2,1-4H3/t16-/m1/s1. The van der Waals surface area contributed by atoms with Gasteiger partial charge >= 0.3 is 5.97 Å². The van der Waals surface area contributed by atoms with Gasteiger partial charge in [0.15, 0.2) is 6.10 Å². The number of amides is 1. The first-order chi connectivity index (χ1) is 13.9. The highest BCUT2D eigenvalue weighted by Crippen LogP contribution is 2.29. The first-order valence-electron chi connectivity index (χ1n) is 9.56. The van der Waals surface area contributed by atoms with Crippen molar-refractivity contribution in [3.63, 3.8) is 0 Å². The Morgan fingerprint density at radius 3 is 2.55 bits per heavy atom. The first kappa shape index (κ1) is 20.5. The third-order valence-corrected chi connectivity index (χ3v) is 4.67. The van der Waals surface area contributed by atoms with Crippen LogP contribution in [0, 0.1) is 6.92 Å². The van der Waals surface area contributed by atoms with E-state index in [-0.39, 0.29) is 11.7 Å². The van der Waals surface area contributed by atoms with Gasteiger partial charge in [0.05, 0.1) is 6.61 Å². The first-order valence-corrected chi connectivity index (χ1v) is 9.56. The quantitative estimate of drug-likeness (QED) is 0.557. The molecule has 0 radical (unpaired) electrons. The van der Waals surface area contributed by atoms with Crippen molar-refractivity contribution in [2.75, 3.05) is 13.7 Å². The highest BCUT2D eigenvalue weighted by molar-refractivity contribution is 5.97. The summed E-state index contributed by atoms with van der Waals surface area (Å²) in [4.78, 5) is 26.7. The summed E-state index contributed by atoms with van der Waals surface area (Å²) in [6, 6.07) is 15.0. The van der Waals surface area contributed by atoms with Crippen molar-refractivity contribution in [1.29, 1.82) is 0 Å². The van der Waals surface area contributed by atoms with Gasteiger partial charge in [0.2, 0.25) is 5.76 Å². The molecule has 0 unspecified atom stereocenters. The number of benzene rings is 2. The van der Waals surface area contributed by atoms with Crippen molar-refractivity contribution in [2.45, 2.75) is 33.4 Å². The van der Waals surface area contributed by atoms with Crippen LogP contribution < -0.4 is 4.74 Å². The average molecular weight is 395 g/mol. The lowest BCUT2D eigenvalue weighted by atomic mass is 10.1. The Morgan fingerprint density at radius 1 is 1.14 bits per heavy atom. The molecule has 2 aromatic carbocycles. The van der Waals surface area contributed by atoms with Crippen LogP contribution in [-0.2, 0) is 16.1 Å². The van der Waals surface area contributed by atoms with E-state index in [2.05, 4.69) is 0 Å². The maximum atomic E-state index is 12.6. The van der Waals surface area contributed by atoms with Crippen molar-refractivity contribution in [3.05, 3.63) is 65.4 Å². The van der Waals surface area contributed by atoms with Gasteiger partial charge < -0.3 is 18.8 Å². The molecule has 6 nitrogen and oxygen atoms in total. The van der Waals surface area contributed by atoms with Crippen molar-refractivity contribution >= 4 is 22.8 Å². The molecule has 0 spiro atoms. The molecule has 0 saturated heterocycles. The Balaban J connectivity index is 1.70. The van der Waals surface area contributed by atoms with E-state index >= 15 is 0 Å². The molecule has 0 saturated carbocycles. The molecule has 29 heavy (non-hydrogen) atoms. The van der Waals surface area contributed by atoms with Crippen LogP contribution in [0.4, 0.5) is 0 Å². The molecule has 1 atom stereocenters. The largest absolute Gasteiger partial charge is 0.494 e. The van der Waals surface area contributed by atoms with Crippen LogP contribution in [0.1, 0.15) is 35.5 Å². The Kier molecular flexibility index (Phi) is 6.22. The average Bonchev–Trinajstić information content (AvgIpc) is 3.04. The van der Waals surface area contributed by atoms with Crippen LogP contribution >= 0.6 is 0 Å². The lowest BCUT2D eigenvalue weighted by Crippen LogP contribution is -2.37. The maximum Gasteiger partial charge on any atom is 0.375 e. The van der Waals surface area contributed by atoms with E-state index in [9.17, 15) is 9.59 Å². The van der Waals surface area contributed by atoms with E-state index in [0.717, 1.165) is 10.9 Å². The number of fused-ring (bicyclic) bond motifs is 1. The fourth-order valence-electron chi connectivity index (χ4n) is 3.16. The minimum atomic E-state index is -0.928. The number of furan rings is 1. The summed E-state index contributed by atoms with van der Waals surface area (Å²) in [6.45, 7) is 6.24. The number of hydrogen-bond donors (Lipinski definition) is 0. The van der Waals surface area contributed by atoms with E-state index in [1.165, 1.54) is 4.90 Å². The molecule has 0 N–H and O–H groups in total. The van der Waals surface area contributed by atoms with Crippen molar-refractivity contribution in [1.82, 2.24) is 4.90 Å². The van der Waals surface area contributed by atoms with Gasteiger partial charge in [0, 0.05) is 24.5 Å². The fourth-order valence-corrected chi connectivity index (χ4v) is 3.16. The molecule has 1 heterocycles. The van der Waals surface area contributed by atoms with Gasteiger partial charge in [-0.3, -0.25) is 4.79 Å². The molecule has 0 aliphatic heterocycles. The molecule has 0 aliphatic carbocycles. The van der Waals surface area contributed by atoms with E-state index in [1.54, 1.807) is 33.0 Å². The zero-order valence-corrected chi connectivity index (χ0v) is 17.1. The Labute approximate surface area is 170 Å². The number of rotatable bonds is 7. The van der Waals surface area contributed by atoms with Gasteiger partial charge in [-0.2, -0.15) is 0 Å². The number of aryl methyl sites for hydroxylation is 1. The predicted molar refractivity (Wildman–Crippen MR) is 110 cm³/mol. The lowest BCUT2D eigenvalue weighted by Gasteiger charge is -2.21. The smallest absolute Gasteiger partial charge is 0.375 e. The van der Waals surface area contributed by atoms with Crippen LogP contribution in [0.15, 0.2) is 52.9 Å². The van der Waals surface area contributed by atoms with Crippen LogP contribution in [0.3, 0.4) is 0 Å². The second-order valence-electron chi connectivity index (χ2n) is 6.87. The Morgan fingerprint density at radius 2 is 1.86 bits per heavy atom. The van der Waals surface area contributed by atoms with Gasteiger partial charge in [-0.05, 0) is 44.5 Å². The van der Waals surface area contributed by atoms with Crippen LogP contribution in [0.2, 0.25) is 0 Å². The topological polar surface area (TPSA) is 69.0 Å². The molecule has 0 fully saturated rings. The molecule has 152 valence electrons. The third-order valence-electron chi connectivity index (χ3n) is 4.67. The summed E-state index contributed by atoms with van der Waals surface area (Å²) >= 11 is 0. The zero-order valence-electron chi connectivity index (χ0n) is 17.1. The number of hydrogen-bond acceptors (Lipinski definition) is 5. The number of nitrogens with zero attached hydrogens (tertiary/aromatic N) is 1. The minimum absolute atomic E-state index is 0.0963. The number of likely N-dealkylation sites (N-methyl/N-ethyl adjacent to an activating group) is 1. The van der Waals surface area contributed by atoms with Gasteiger partial charge in [-0.25, -0.2) is 4.79 Å². The van der Waals surface area contributed by atoms with E-state index in [0.29, 0.717) is 30.0 Å². The number of carbonyl (C=O) groups is 2. The van der Waals surface area contributed by atoms with Gasteiger partial charge in [-0.1, -0.05) is 30.3 Å². The van der Waals surface area contributed by atoms with Crippen molar-refractivity contribution in [2.24, 2.45) is 0 Å². The number of ether oxygens (including phenoxy) is 2. The second kappa shape index (κ2) is 8.82. The van der Waals surface area contributed by atoms with Crippen LogP contribution in [0.25, 0.3) is 11.0 Å². The molecule has 1 aromatic heterocycles. The minimum Gasteiger partial charge on any atom is -0.494 e.